The molecule has 172 valence electrons. The molecule has 1 rings (SSSR count). The molecule has 0 aliphatic heterocycles. The van der Waals surface area contributed by atoms with E-state index in [1.165, 1.54) is 13.5 Å². The number of hydrogen-bond donors (Lipinski definition) is 2. The summed E-state index contributed by atoms with van der Waals surface area (Å²) in [7, 11) is 1.25. The topological polar surface area (TPSA) is 93.7 Å². The van der Waals surface area contributed by atoms with E-state index in [0.717, 1.165) is 38.5 Å². The molecule has 7 heteroatoms. The van der Waals surface area contributed by atoms with Gasteiger partial charge in [-0.05, 0) is 31.4 Å². The van der Waals surface area contributed by atoms with Crippen LogP contribution in [0.2, 0.25) is 0 Å². The molecule has 0 saturated carbocycles. The number of amides is 2. The van der Waals surface area contributed by atoms with E-state index in [4.69, 9.17) is 4.74 Å². The van der Waals surface area contributed by atoms with Crippen LogP contribution in [0.5, 0.6) is 5.75 Å². The van der Waals surface area contributed by atoms with Gasteiger partial charge in [-0.2, -0.15) is 0 Å². The lowest BCUT2D eigenvalue weighted by molar-refractivity contribution is -0.141. The van der Waals surface area contributed by atoms with Crippen molar-refractivity contribution in [2.24, 2.45) is 0 Å². The Labute approximate surface area is 185 Å². The second-order valence-electron chi connectivity index (χ2n) is 7.31. The lowest BCUT2D eigenvalue weighted by Gasteiger charge is -2.18. The van der Waals surface area contributed by atoms with Crippen molar-refractivity contribution >= 4 is 17.8 Å². The summed E-state index contributed by atoms with van der Waals surface area (Å²) in [6.07, 6.45) is 10.0. The number of benzene rings is 1. The molecule has 0 saturated heterocycles. The van der Waals surface area contributed by atoms with E-state index in [1.54, 1.807) is 0 Å². The number of ether oxygens (including phenoxy) is 2. The van der Waals surface area contributed by atoms with E-state index in [2.05, 4.69) is 21.9 Å². The van der Waals surface area contributed by atoms with Crippen LogP contribution in [0.3, 0.4) is 0 Å². The summed E-state index contributed by atoms with van der Waals surface area (Å²) in [4.78, 5) is 36.1. The molecule has 1 aromatic carbocycles. The van der Waals surface area contributed by atoms with E-state index in [0.29, 0.717) is 12.2 Å². The van der Waals surface area contributed by atoms with Crippen LogP contribution in [-0.2, 0) is 19.1 Å². The van der Waals surface area contributed by atoms with Gasteiger partial charge < -0.3 is 20.1 Å². The third-order valence-corrected chi connectivity index (χ3v) is 4.77. The number of esters is 1. The highest BCUT2D eigenvalue weighted by Gasteiger charge is 2.21. The molecule has 31 heavy (non-hydrogen) atoms. The zero-order valence-electron chi connectivity index (χ0n) is 18.6. The Hall–Kier alpha value is -2.83. The fourth-order valence-corrected chi connectivity index (χ4v) is 2.98. The number of allylic oxidation sites excluding steroid dienone is 1. The van der Waals surface area contributed by atoms with Crippen LogP contribution in [-0.4, -0.2) is 44.1 Å². The molecule has 2 amide bonds. The van der Waals surface area contributed by atoms with Crippen LogP contribution in [0.25, 0.3) is 0 Å². The minimum absolute atomic E-state index is 0.176. The van der Waals surface area contributed by atoms with Gasteiger partial charge in [0.25, 0.3) is 0 Å². The summed E-state index contributed by atoms with van der Waals surface area (Å²) >= 11 is 0. The SMILES string of the molecule is C=CCCCCCCCCC(=O)NC(CCOc1ccccc1)C(=O)NCC(=O)OC. The highest BCUT2D eigenvalue weighted by atomic mass is 16.5. The molecule has 0 heterocycles. The first kappa shape index (κ1) is 26.2. The van der Waals surface area contributed by atoms with E-state index in [1.807, 2.05) is 36.4 Å². The third kappa shape index (κ3) is 13.2. The zero-order chi connectivity index (χ0) is 22.7. The monoisotopic (exact) mass is 432 g/mol. The summed E-state index contributed by atoms with van der Waals surface area (Å²) in [6.45, 7) is 3.73. The van der Waals surface area contributed by atoms with E-state index in [-0.39, 0.29) is 25.5 Å². The Bertz CT molecular complexity index is 663. The maximum absolute atomic E-state index is 12.4. The molecule has 0 aromatic heterocycles. The summed E-state index contributed by atoms with van der Waals surface area (Å²) in [5, 5.41) is 5.27. The van der Waals surface area contributed by atoms with Gasteiger partial charge in [0.15, 0.2) is 0 Å². The van der Waals surface area contributed by atoms with Gasteiger partial charge in [-0.3, -0.25) is 14.4 Å². The predicted octanol–water partition coefficient (Wildman–Crippen LogP) is 3.54. The lowest BCUT2D eigenvalue weighted by atomic mass is 10.1. The molecule has 0 aliphatic carbocycles. The number of methoxy groups -OCH3 is 1. The average molecular weight is 433 g/mol. The molecular formula is C24H36N2O5. The summed E-state index contributed by atoms with van der Waals surface area (Å²) in [5.41, 5.74) is 0. The van der Waals surface area contributed by atoms with Gasteiger partial charge in [-0.25, -0.2) is 0 Å². The Morgan fingerprint density at radius 2 is 1.71 bits per heavy atom. The fourth-order valence-electron chi connectivity index (χ4n) is 2.98. The van der Waals surface area contributed by atoms with Gasteiger partial charge >= 0.3 is 5.97 Å². The Balaban J connectivity index is 2.40. The number of para-hydroxylation sites is 1. The van der Waals surface area contributed by atoms with Gasteiger partial charge in [-0.1, -0.05) is 50.0 Å². The maximum Gasteiger partial charge on any atom is 0.325 e. The molecule has 0 spiro atoms. The molecule has 0 aliphatic rings. The van der Waals surface area contributed by atoms with Crippen LogP contribution < -0.4 is 15.4 Å². The van der Waals surface area contributed by atoms with Gasteiger partial charge in [0.2, 0.25) is 11.8 Å². The molecule has 7 nitrogen and oxygen atoms in total. The van der Waals surface area contributed by atoms with Crippen molar-refractivity contribution in [3.05, 3.63) is 43.0 Å². The first-order valence-corrected chi connectivity index (χ1v) is 11.0. The second-order valence-corrected chi connectivity index (χ2v) is 7.31. The minimum Gasteiger partial charge on any atom is -0.494 e. The molecule has 0 bridgehead atoms. The maximum atomic E-state index is 12.4. The lowest BCUT2D eigenvalue weighted by Crippen LogP contribution is -2.48. The highest BCUT2D eigenvalue weighted by Crippen LogP contribution is 2.10. The Morgan fingerprint density at radius 3 is 2.39 bits per heavy atom. The second kappa shape index (κ2) is 16.9. The normalized spacial score (nSPS) is 11.3. The van der Waals surface area contributed by atoms with Gasteiger partial charge in [0.1, 0.15) is 18.3 Å². The number of unbranched alkanes of at least 4 members (excludes halogenated alkanes) is 6. The molecule has 2 N–H and O–H groups in total. The predicted molar refractivity (Wildman–Crippen MR) is 121 cm³/mol. The third-order valence-electron chi connectivity index (χ3n) is 4.77. The highest BCUT2D eigenvalue weighted by molar-refractivity contribution is 5.89. The minimum atomic E-state index is -0.778. The Morgan fingerprint density at radius 1 is 1.03 bits per heavy atom. The quantitative estimate of drug-likeness (QED) is 0.223. The van der Waals surface area contributed by atoms with E-state index >= 15 is 0 Å². The van der Waals surface area contributed by atoms with Crippen molar-refractivity contribution < 1.29 is 23.9 Å². The summed E-state index contributed by atoms with van der Waals surface area (Å²) in [6, 6.07) is 8.47. The fraction of sp³-hybridized carbons (Fsp3) is 0.542. The average Bonchev–Trinajstić information content (AvgIpc) is 2.79. The standard InChI is InChI=1S/C24H36N2O5/c1-3-4-5-6-7-8-9-13-16-22(27)26-21(24(29)25-19-23(28)30-2)17-18-31-20-14-11-10-12-15-20/h3,10-12,14-15,21H,1,4-9,13,16-19H2,2H3,(H,25,29)(H,26,27). The van der Waals surface area contributed by atoms with Crippen LogP contribution in [0.15, 0.2) is 43.0 Å². The number of nitrogens with one attached hydrogen (secondary N) is 2. The molecule has 1 unspecified atom stereocenters. The largest absolute Gasteiger partial charge is 0.494 e. The van der Waals surface area contributed by atoms with Gasteiger partial charge in [-0.15, -0.1) is 6.58 Å². The zero-order valence-corrected chi connectivity index (χ0v) is 18.6. The van der Waals surface area contributed by atoms with Crippen molar-refractivity contribution in [2.45, 2.75) is 63.8 Å². The van der Waals surface area contributed by atoms with Crippen LogP contribution in [0.4, 0.5) is 0 Å². The van der Waals surface area contributed by atoms with Crippen LogP contribution in [0.1, 0.15) is 57.8 Å². The van der Waals surface area contributed by atoms with Crippen LogP contribution >= 0.6 is 0 Å². The first-order chi connectivity index (χ1) is 15.1. The van der Waals surface area contributed by atoms with Crippen LogP contribution in [0, 0.1) is 0 Å². The van der Waals surface area contributed by atoms with Gasteiger partial charge in [0.05, 0.1) is 13.7 Å². The number of carbonyl (C=O) groups is 3. The molecule has 0 radical (unpaired) electrons. The molecule has 0 fully saturated rings. The number of rotatable bonds is 17. The van der Waals surface area contributed by atoms with Crippen molar-refractivity contribution in [3.63, 3.8) is 0 Å². The molecule has 1 atom stereocenters. The summed E-state index contributed by atoms with van der Waals surface area (Å²) in [5.74, 6) is -0.468. The molecule has 1 aromatic rings. The van der Waals surface area contributed by atoms with Crippen molar-refractivity contribution in [1.29, 1.82) is 0 Å². The smallest absolute Gasteiger partial charge is 0.325 e. The van der Waals surface area contributed by atoms with Crippen molar-refractivity contribution in [1.82, 2.24) is 10.6 Å². The summed E-state index contributed by atoms with van der Waals surface area (Å²) < 4.78 is 10.2. The van der Waals surface area contributed by atoms with Crippen molar-refractivity contribution in [2.75, 3.05) is 20.3 Å². The van der Waals surface area contributed by atoms with Crippen molar-refractivity contribution in [3.8, 4) is 5.75 Å². The number of hydrogen-bond acceptors (Lipinski definition) is 5. The van der Waals surface area contributed by atoms with E-state index in [9.17, 15) is 14.4 Å². The van der Waals surface area contributed by atoms with Gasteiger partial charge in [0, 0.05) is 12.8 Å². The molecular weight excluding hydrogens is 396 g/mol. The first-order valence-electron chi connectivity index (χ1n) is 11.0. The number of carbonyl (C=O) groups excluding carboxylic acids is 3. The Kier molecular flexibility index (Phi) is 14.3. The van der Waals surface area contributed by atoms with E-state index < -0.39 is 17.9 Å².